The fraction of sp³-hybridized carbons (Fsp3) is 0.429. The SMILES string of the molecule is COc1ccc2c(n1)[C@H](NC(=O)OCc1ccccc1)[C@@H](C)[C@H](C1CC1)N2. The molecule has 1 saturated carbocycles. The molecule has 0 radical (unpaired) electrons. The summed E-state index contributed by atoms with van der Waals surface area (Å²) < 4.78 is 10.7. The van der Waals surface area contributed by atoms with Gasteiger partial charge in [0, 0.05) is 18.0 Å². The van der Waals surface area contributed by atoms with Crippen molar-refractivity contribution in [3.05, 3.63) is 53.7 Å². The van der Waals surface area contributed by atoms with Crippen molar-refractivity contribution in [2.75, 3.05) is 12.4 Å². The third kappa shape index (κ3) is 3.84. The average molecular weight is 367 g/mol. The van der Waals surface area contributed by atoms with Gasteiger partial charge in [-0.3, -0.25) is 0 Å². The Kier molecular flexibility index (Phi) is 4.88. The maximum atomic E-state index is 12.5. The van der Waals surface area contributed by atoms with E-state index >= 15 is 0 Å². The Hall–Kier alpha value is -2.76. The number of carbonyl (C=O) groups is 1. The molecule has 27 heavy (non-hydrogen) atoms. The minimum absolute atomic E-state index is 0.203. The number of aromatic nitrogens is 1. The van der Waals surface area contributed by atoms with Gasteiger partial charge < -0.3 is 20.1 Å². The molecule has 0 spiro atoms. The van der Waals surface area contributed by atoms with Crippen LogP contribution in [0.15, 0.2) is 42.5 Å². The van der Waals surface area contributed by atoms with E-state index in [1.54, 1.807) is 7.11 Å². The van der Waals surface area contributed by atoms with E-state index in [0.29, 0.717) is 17.8 Å². The molecule has 2 N–H and O–H groups in total. The molecule has 1 aromatic heterocycles. The van der Waals surface area contributed by atoms with Crippen LogP contribution >= 0.6 is 0 Å². The van der Waals surface area contributed by atoms with E-state index in [9.17, 15) is 4.79 Å². The molecule has 1 amide bonds. The standard InChI is InChI=1S/C21H25N3O3/c1-13-18(15-8-9-15)22-16-10-11-17(26-2)23-20(16)19(13)24-21(25)27-12-14-6-4-3-5-7-14/h3-7,10-11,13,15,18-19,22H,8-9,12H2,1-2H3,(H,24,25)/t13-,18+,19+/m0/s1. The molecule has 2 aromatic rings. The molecular weight excluding hydrogens is 342 g/mol. The number of hydrogen-bond donors (Lipinski definition) is 2. The first-order valence-electron chi connectivity index (χ1n) is 9.44. The molecule has 142 valence electrons. The molecule has 0 saturated heterocycles. The molecule has 3 atom stereocenters. The van der Waals surface area contributed by atoms with Crippen molar-refractivity contribution in [2.45, 2.75) is 38.5 Å². The lowest BCUT2D eigenvalue weighted by atomic mass is 9.84. The molecule has 0 unspecified atom stereocenters. The fourth-order valence-electron chi connectivity index (χ4n) is 3.79. The Balaban J connectivity index is 1.51. The maximum absolute atomic E-state index is 12.5. The summed E-state index contributed by atoms with van der Waals surface area (Å²) in [5.41, 5.74) is 2.72. The van der Waals surface area contributed by atoms with E-state index in [4.69, 9.17) is 9.47 Å². The van der Waals surface area contributed by atoms with E-state index < -0.39 is 6.09 Å². The number of methoxy groups -OCH3 is 1. The summed E-state index contributed by atoms with van der Waals surface area (Å²) >= 11 is 0. The van der Waals surface area contributed by atoms with Gasteiger partial charge in [-0.25, -0.2) is 9.78 Å². The number of nitrogens with one attached hydrogen (secondary N) is 2. The lowest BCUT2D eigenvalue weighted by Crippen LogP contribution is -2.45. The lowest BCUT2D eigenvalue weighted by molar-refractivity contribution is 0.129. The summed E-state index contributed by atoms with van der Waals surface area (Å²) in [6, 6.07) is 13.6. The number of carbonyl (C=O) groups excluding carboxylic acids is 1. The van der Waals surface area contributed by atoms with Crippen molar-refractivity contribution in [3.63, 3.8) is 0 Å². The van der Waals surface area contributed by atoms with Crippen LogP contribution in [0.4, 0.5) is 10.5 Å². The minimum Gasteiger partial charge on any atom is -0.481 e. The summed E-state index contributed by atoms with van der Waals surface area (Å²) in [7, 11) is 1.60. The second-order valence-corrected chi connectivity index (χ2v) is 7.34. The number of pyridine rings is 1. The van der Waals surface area contributed by atoms with Crippen molar-refractivity contribution in [3.8, 4) is 5.88 Å². The smallest absolute Gasteiger partial charge is 0.408 e. The van der Waals surface area contributed by atoms with E-state index in [-0.39, 0.29) is 18.6 Å². The monoisotopic (exact) mass is 367 g/mol. The van der Waals surface area contributed by atoms with Crippen molar-refractivity contribution < 1.29 is 14.3 Å². The Labute approximate surface area is 159 Å². The second-order valence-electron chi connectivity index (χ2n) is 7.34. The summed E-state index contributed by atoms with van der Waals surface area (Å²) in [6.07, 6.45) is 2.03. The van der Waals surface area contributed by atoms with Crippen LogP contribution < -0.4 is 15.4 Å². The third-order valence-electron chi connectivity index (χ3n) is 5.43. The first-order chi connectivity index (χ1) is 13.2. The van der Waals surface area contributed by atoms with Crippen LogP contribution in [0.25, 0.3) is 0 Å². The van der Waals surface area contributed by atoms with Gasteiger partial charge in [0.15, 0.2) is 0 Å². The maximum Gasteiger partial charge on any atom is 0.408 e. The Morgan fingerprint density at radius 3 is 2.70 bits per heavy atom. The number of amides is 1. The van der Waals surface area contributed by atoms with Crippen LogP contribution in [0.2, 0.25) is 0 Å². The first-order valence-corrected chi connectivity index (χ1v) is 9.44. The van der Waals surface area contributed by atoms with Crippen molar-refractivity contribution >= 4 is 11.8 Å². The molecule has 6 heteroatoms. The first kappa shape index (κ1) is 17.6. The zero-order chi connectivity index (χ0) is 18.8. The Morgan fingerprint density at radius 2 is 2.00 bits per heavy atom. The van der Waals surface area contributed by atoms with Gasteiger partial charge in [0.1, 0.15) is 6.61 Å². The number of alkyl carbamates (subject to hydrolysis) is 1. The van der Waals surface area contributed by atoms with Gasteiger partial charge in [-0.1, -0.05) is 37.3 Å². The van der Waals surface area contributed by atoms with Gasteiger partial charge >= 0.3 is 6.09 Å². The van der Waals surface area contributed by atoms with Crippen molar-refractivity contribution in [1.29, 1.82) is 0 Å². The molecule has 1 fully saturated rings. The highest BCUT2D eigenvalue weighted by atomic mass is 16.5. The van der Waals surface area contributed by atoms with Crippen LogP contribution in [0.5, 0.6) is 5.88 Å². The van der Waals surface area contributed by atoms with Crippen LogP contribution in [-0.4, -0.2) is 24.2 Å². The third-order valence-corrected chi connectivity index (χ3v) is 5.43. The van der Waals surface area contributed by atoms with Gasteiger partial charge in [-0.2, -0.15) is 0 Å². The quantitative estimate of drug-likeness (QED) is 0.839. The van der Waals surface area contributed by atoms with E-state index in [1.165, 1.54) is 12.8 Å². The Morgan fingerprint density at radius 1 is 1.22 bits per heavy atom. The molecule has 0 bridgehead atoms. The summed E-state index contributed by atoms with van der Waals surface area (Å²) in [5.74, 6) is 1.39. The highest BCUT2D eigenvalue weighted by Crippen LogP contribution is 2.45. The number of fused-ring (bicyclic) bond motifs is 1. The summed E-state index contributed by atoms with van der Waals surface area (Å²) in [5, 5.41) is 6.65. The van der Waals surface area contributed by atoms with Gasteiger partial charge in [0.25, 0.3) is 0 Å². The molecule has 1 aliphatic heterocycles. The number of benzene rings is 1. The zero-order valence-corrected chi connectivity index (χ0v) is 15.6. The topological polar surface area (TPSA) is 72.5 Å². The van der Waals surface area contributed by atoms with Crippen LogP contribution in [0.1, 0.15) is 37.1 Å². The predicted molar refractivity (Wildman–Crippen MR) is 103 cm³/mol. The predicted octanol–water partition coefficient (Wildman–Crippen LogP) is 3.90. The molecule has 1 aromatic carbocycles. The molecule has 2 aliphatic rings. The molecule has 1 aliphatic carbocycles. The minimum atomic E-state index is -0.428. The largest absolute Gasteiger partial charge is 0.481 e. The van der Waals surface area contributed by atoms with Gasteiger partial charge in [-0.05, 0) is 30.4 Å². The molecule has 4 rings (SSSR count). The number of hydrogen-bond acceptors (Lipinski definition) is 5. The van der Waals surface area contributed by atoms with E-state index in [2.05, 4.69) is 22.5 Å². The summed E-state index contributed by atoms with van der Waals surface area (Å²) in [6.45, 7) is 2.40. The van der Waals surface area contributed by atoms with E-state index in [1.807, 2.05) is 42.5 Å². The lowest BCUT2D eigenvalue weighted by Gasteiger charge is -2.38. The number of ether oxygens (including phenoxy) is 2. The molecular formula is C21H25N3O3. The van der Waals surface area contributed by atoms with Gasteiger partial charge in [-0.15, -0.1) is 0 Å². The number of rotatable bonds is 5. The van der Waals surface area contributed by atoms with Crippen molar-refractivity contribution in [1.82, 2.24) is 10.3 Å². The highest BCUT2D eigenvalue weighted by molar-refractivity contribution is 5.69. The normalized spacial score (nSPS) is 23.7. The van der Waals surface area contributed by atoms with Crippen LogP contribution in [0.3, 0.4) is 0 Å². The fourth-order valence-corrected chi connectivity index (χ4v) is 3.79. The van der Waals surface area contributed by atoms with Crippen molar-refractivity contribution in [2.24, 2.45) is 11.8 Å². The zero-order valence-electron chi connectivity index (χ0n) is 15.6. The van der Waals surface area contributed by atoms with Crippen LogP contribution in [0, 0.1) is 11.8 Å². The number of nitrogens with zero attached hydrogens (tertiary/aromatic N) is 1. The average Bonchev–Trinajstić information content (AvgIpc) is 3.54. The Bertz CT molecular complexity index is 808. The van der Waals surface area contributed by atoms with Gasteiger partial charge in [0.2, 0.25) is 5.88 Å². The molecule has 2 heterocycles. The highest BCUT2D eigenvalue weighted by Gasteiger charge is 2.43. The van der Waals surface area contributed by atoms with Gasteiger partial charge in [0.05, 0.1) is 24.5 Å². The number of anilines is 1. The second kappa shape index (κ2) is 7.47. The summed E-state index contributed by atoms with van der Waals surface area (Å²) in [4.78, 5) is 17.1. The van der Waals surface area contributed by atoms with E-state index in [0.717, 1.165) is 16.9 Å². The van der Waals surface area contributed by atoms with Crippen LogP contribution in [-0.2, 0) is 11.3 Å². The molecule has 6 nitrogen and oxygen atoms in total.